The van der Waals surface area contributed by atoms with Gasteiger partial charge in [0.25, 0.3) is 0 Å². The largest absolute Gasteiger partial charge is 0.338 e. The maximum atomic E-state index is 13.6. The highest BCUT2D eigenvalue weighted by Crippen LogP contribution is 2.47. The number of amides is 2. The van der Waals surface area contributed by atoms with Gasteiger partial charge in [-0.15, -0.1) is 11.8 Å². The van der Waals surface area contributed by atoms with Gasteiger partial charge in [0.2, 0.25) is 21.8 Å². The van der Waals surface area contributed by atoms with E-state index in [0.717, 1.165) is 34.2 Å². The third-order valence-corrected chi connectivity index (χ3v) is 11.5. The highest BCUT2D eigenvalue weighted by atomic mass is 32.2. The molecule has 176 valence electrons. The van der Waals surface area contributed by atoms with Crippen LogP contribution in [-0.2, 0) is 19.6 Å². The average Bonchev–Trinajstić information content (AvgIpc) is 3.26. The Morgan fingerprint density at radius 2 is 1.47 bits per heavy atom. The van der Waals surface area contributed by atoms with Crippen molar-refractivity contribution >= 4 is 33.6 Å². The van der Waals surface area contributed by atoms with Crippen LogP contribution in [0.15, 0.2) is 4.90 Å². The van der Waals surface area contributed by atoms with Crippen molar-refractivity contribution in [2.24, 2.45) is 0 Å². The Kier molecular flexibility index (Phi) is 5.91. The molecule has 3 saturated heterocycles. The molecule has 2 atom stereocenters. The van der Waals surface area contributed by atoms with Crippen molar-refractivity contribution in [3.8, 4) is 0 Å². The van der Waals surface area contributed by atoms with Crippen molar-refractivity contribution in [2.45, 2.75) is 70.2 Å². The Bertz CT molecular complexity index is 1060. The number of carbonyl (C=O) groups is 2. The lowest BCUT2D eigenvalue weighted by Gasteiger charge is -2.38. The number of carbonyl (C=O) groups excluding carboxylic acids is 2. The number of fused-ring (bicyclic) bond motifs is 1. The first-order valence-corrected chi connectivity index (χ1v) is 13.6. The highest BCUT2D eigenvalue weighted by Gasteiger charge is 2.53. The molecule has 7 nitrogen and oxygen atoms in total. The van der Waals surface area contributed by atoms with Gasteiger partial charge in [0.15, 0.2) is 0 Å². The predicted octanol–water partition coefficient (Wildman–Crippen LogP) is 2.52. The van der Waals surface area contributed by atoms with E-state index in [1.54, 1.807) is 21.6 Å². The molecule has 3 fully saturated rings. The summed E-state index contributed by atoms with van der Waals surface area (Å²) in [6, 6.07) is -0.435. The number of piperazine rings is 1. The van der Waals surface area contributed by atoms with Crippen LogP contribution in [0.3, 0.4) is 0 Å². The molecule has 3 heterocycles. The van der Waals surface area contributed by atoms with Crippen LogP contribution in [0.2, 0.25) is 0 Å². The molecule has 0 aromatic heterocycles. The fourth-order valence-corrected chi connectivity index (χ4v) is 8.75. The van der Waals surface area contributed by atoms with E-state index >= 15 is 0 Å². The van der Waals surface area contributed by atoms with Crippen molar-refractivity contribution in [3.63, 3.8) is 0 Å². The van der Waals surface area contributed by atoms with Crippen LogP contribution in [0.1, 0.15) is 47.6 Å². The Morgan fingerprint density at radius 1 is 0.938 bits per heavy atom. The fourth-order valence-electron chi connectivity index (χ4n) is 5.34. The van der Waals surface area contributed by atoms with E-state index < -0.39 is 16.1 Å². The minimum absolute atomic E-state index is 0.0492. The first-order valence-electron chi connectivity index (χ1n) is 11.2. The molecule has 0 saturated carbocycles. The van der Waals surface area contributed by atoms with Crippen molar-refractivity contribution in [1.82, 2.24) is 14.1 Å². The summed E-state index contributed by atoms with van der Waals surface area (Å²) >= 11 is 1.68. The number of rotatable bonds is 3. The van der Waals surface area contributed by atoms with Crippen molar-refractivity contribution in [1.29, 1.82) is 0 Å². The molecule has 3 aliphatic rings. The average molecular weight is 480 g/mol. The summed E-state index contributed by atoms with van der Waals surface area (Å²) in [5.74, 6) is 0.607. The summed E-state index contributed by atoms with van der Waals surface area (Å²) in [7, 11) is -3.66. The summed E-state index contributed by atoms with van der Waals surface area (Å²) < 4.78 is 28.7. The summed E-state index contributed by atoms with van der Waals surface area (Å²) in [4.78, 5) is 29.3. The van der Waals surface area contributed by atoms with Gasteiger partial charge in [-0.3, -0.25) is 9.59 Å². The minimum atomic E-state index is -3.66. The van der Waals surface area contributed by atoms with Gasteiger partial charge >= 0.3 is 0 Å². The molecule has 4 rings (SSSR count). The molecule has 1 aromatic carbocycles. The minimum Gasteiger partial charge on any atom is -0.338 e. The Labute approximate surface area is 195 Å². The number of hydrogen-bond donors (Lipinski definition) is 0. The zero-order valence-corrected chi connectivity index (χ0v) is 21.5. The fraction of sp³-hybridized carbons (Fsp3) is 0.652. The highest BCUT2D eigenvalue weighted by molar-refractivity contribution is 8.01. The second kappa shape index (κ2) is 8.02. The smallest absolute Gasteiger partial charge is 0.246 e. The SMILES string of the molecule is Cc1c(C)c(C)c(S(=O)(=O)N2CCN(C(=O)C3CSC4(C)CCC(=O)N34)CC2)c(C)c1C. The van der Waals surface area contributed by atoms with Crippen LogP contribution >= 0.6 is 11.8 Å². The lowest BCUT2D eigenvalue weighted by molar-refractivity contribution is -0.144. The molecule has 3 aliphatic heterocycles. The van der Waals surface area contributed by atoms with Gasteiger partial charge in [-0.1, -0.05) is 0 Å². The lowest BCUT2D eigenvalue weighted by Crippen LogP contribution is -2.56. The van der Waals surface area contributed by atoms with Gasteiger partial charge in [-0.05, 0) is 75.8 Å². The first-order chi connectivity index (χ1) is 14.9. The van der Waals surface area contributed by atoms with Crippen LogP contribution in [0.25, 0.3) is 0 Å². The predicted molar refractivity (Wildman–Crippen MR) is 126 cm³/mol. The zero-order valence-electron chi connectivity index (χ0n) is 19.8. The number of benzene rings is 1. The van der Waals surface area contributed by atoms with E-state index in [2.05, 4.69) is 0 Å². The Hall–Kier alpha value is -1.58. The van der Waals surface area contributed by atoms with Gasteiger partial charge in [-0.2, -0.15) is 4.31 Å². The van der Waals surface area contributed by atoms with Crippen molar-refractivity contribution in [3.05, 3.63) is 27.8 Å². The Balaban J connectivity index is 1.51. The first kappa shape index (κ1) is 23.6. The maximum absolute atomic E-state index is 13.6. The van der Waals surface area contributed by atoms with E-state index in [1.807, 2.05) is 41.5 Å². The molecule has 9 heteroatoms. The third-order valence-electron chi connectivity index (χ3n) is 7.81. The molecule has 2 unspecified atom stereocenters. The van der Waals surface area contributed by atoms with E-state index in [9.17, 15) is 18.0 Å². The normalized spacial score (nSPS) is 26.7. The van der Waals surface area contributed by atoms with E-state index in [4.69, 9.17) is 0 Å². The molecule has 2 amide bonds. The van der Waals surface area contributed by atoms with E-state index in [0.29, 0.717) is 30.2 Å². The quantitative estimate of drug-likeness (QED) is 0.666. The number of hydrogen-bond acceptors (Lipinski definition) is 5. The Morgan fingerprint density at radius 3 is 2.03 bits per heavy atom. The van der Waals surface area contributed by atoms with Crippen LogP contribution in [0.4, 0.5) is 0 Å². The van der Waals surface area contributed by atoms with Gasteiger partial charge in [-0.25, -0.2) is 8.42 Å². The zero-order chi connectivity index (χ0) is 23.6. The molecule has 1 aromatic rings. The number of thioether (sulfide) groups is 1. The van der Waals surface area contributed by atoms with E-state index in [-0.39, 0.29) is 29.8 Å². The summed E-state index contributed by atoms with van der Waals surface area (Å²) in [5.41, 5.74) is 4.76. The van der Waals surface area contributed by atoms with Crippen LogP contribution in [0, 0.1) is 34.6 Å². The van der Waals surface area contributed by atoms with Gasteiger partial charge < -0.3 is 9.80 Å². The van der Waals surface area contributed by atoms with Gasteiger partial charge in [0.1, 0.15) is 6.04 Å². The molecule has 0 spiro atoms. The molecule has 32 heavy (non-hydrogen) atoms. The van der Waals surface area contributed by atoms with E-state index in [1.165, 1.54) is 4.31 Å². The van der Waals surface area contributed by atoms with Gasteiger partial charge in [0.05, 0.1) is 9.77 Å². The summed E-state index contributed by atoms with van der Waals surface area (Å²) in [5, 5.41) is 0. The molecular weight excluding hydrogens is 446 g/mol. The van der Waals surface area contributed by atoms with Crippen LogP contribution in [-0.4, -0.2) is 77.2 Å². The van der Waals surface area contributed by atoms with Gasteiger partial charge in [0, 0.05) is 38.4 Å². The number of nitrogens with zero attached hydrogens (tertiary/aromatic N) is 3. The standard InChI is InChI=1S/C23H33N3O4S2/c1-14-15(2)17(4)21(18(5)16(14)3)32(29,30)25-11-9-24(10-12-25)22(28)19-13-31-23(6)8-7-20(27)26(19)23/h19H,7-13H2,1-6H3. The second-order valence-electron chi connectivity index (χ2n) is 9.45. The number of sulfonamides is 1. The van der Waals surface area contributed by atoms with Crippen molar-refractivity contribution in [2.75, 3.05) is 31.9 Å². The third kappa shape index (κ3) is 3.47. The molecule has 0 radical (unpaired) electrons. The van der Waals surface area contributed by atoms with Crippen LogP contribution < -0.4 is 0 Å². The monoisotopic (exact) mass is 479 g/mol. The van der Waals surface area contributed by atoms with Crippen LogP contribution in [0.5, 0.6) is 0 Å². The molecule has 0 aliphatic carbocycles. The molecule has 0 N–H and O–H groups in total. The lowest BCUT2D eigenvalue weighted by atomic mass is 9.95. The molecular formula is C23H33N3O4S2. The molecule has 0 bridgehead atoms. The van der Waals surface area contributed by atoms with Crippen molar-refractivity contribution < 1.29 is 18.0 Å². The summed E-state index contributed by atoms with van der Waals surface area (Å²) in [6.07, 6.45) is 1.27. The maximum Gasteiger partial charge on any atom is 0.246 e. The topological polar surface area (TPSA) is 78.0 Å². The summed E-state index contributed by atoms with van der Waals surface area (Å²) in [6.45, 7) is 13.0. The second-order valence-corrected chi connectivity index (χ2v) is 12.8.